The molecule has 0 spiro atoms. The van der Waals surface area contributed by atoms with Crippen molar-refractivity contribution in [2.45, 2.75) is 44.2 Å². The molecule has 4 heterocycles. The summed E-state index contributed by atoms with van der Waals surface area (Å²) >= 11 is 0. The summed E-state index contributed by atoms with van der Waals surface area (Å²) in [4.78, 5) is 6.41. The predicted octanol–water partition coefficient (Wildman–Crippen LogP) is 2.91. The van der Waals surface area contributed by atoms with Gasteiger partial charge in [-0.05, 0) is 55.9 Å². The smallest absolute Gasteiger partial charge is 0.119 e. The van der Waals surface area contributed by atoms with E-state index in [4.69, 9.17) is 4.74 Å². The Morgan fingerprint density at radius 1 is 1.33 bits per heavy atom. The highest BCUT2D eigenvalue weighted by atomic mass is 16.5. The highest BCUT2D eigenvalue weighted by molar-refractivity contribution is 5.86. The molecule has 3 fully saturated rings. The van der Waals surface area contributed by atoms with Crippen LogP contribution in [-0.4, -0.2) is 47.3 Å². The predicted molar refractivity (Wildman–Crippen MR) is 94.6 cm³/mol. The molecule has 6 rings (SSSR count). The standard InChI is InChI=1S/C20H26N2O2/c1-11(23)15-7-12-8-17-19-14(5-6-22(10-12)20(15)17)16-9-13(24-2)3-4-18(16)21-19/h3-4,9,11-12,15,17,20-21,23H,5-8,10H2,1-2H3/t11-,12+,15+,17-,20-/m0/s1. The molecule has 1 saturated carbocycles. The van der Waals surface area contributed by atoms with Crippen molar-refractivity contribution in [3.63, 3.8) is 0 Å². The quantitative estimate of drug-likeness (QED) is 0.892. The van der Waals surface area contributed by atoms with Crippen molar-refractivity contribution in [3.05, 3.63) is 29.5 Å². The van der Waals surface area contributed by atoms with E-state index in [1.54, 1.807) is 7.11 Å². The van der Waals surface area contributed by atoms with Gasteiger partial charge in [0.25, 0.3) is 0 Å². The molecule has 4 nitrogen and oxygen atoms in total. The Labute approximate surface area is 142 Å². The van der Waals surface area contributed by atoms with Crippen LogP contribution in [0, 0.1) is 11.8 Å². The normalized spacial score (nSPS) is 35.5. The van der Waals surface area contributed by atoms with E-state index in [-0.39, 0.29) is 6.10 Å². The third-order valence-electron chi connectivity index (χ3n) is 6.74. The first-order valence-electron chi connectivity index (χ1n) is 9.26. The maximum absolute atomic E-state index is 10.3. The number of aliphatic hydroxyl groups excluding tert-OH is 1. The lowest BCUT2D eigenvalue weighted by Crippen LogP contribution is -2.58. The van der Waals surface area contributed by atoms with Gasteiger partial charge in [0.15, 0.2) is 0 Å². The van der Waals surface area contributed by atoms with Crippen LogP contribution in [0.3, 0.4) is 0 Å². The minimum Gasteiger partial charge on any atom is -0.497 e. The zero-order valence-corrected chi connectivity index (χ0v) is 14.5. The summed E-state index contributed by atoms with van der Waals surface area (Å²) in [7, 11) is 1.73. The molecular weight excluding hydrogens is 300 g/mol. The Morgan fingerprint density at radius 2 is 2.21 bits per heavy atom. The molecular formula is C20H26N2O2. The fourth-order valence-corrected chi connectivity index (χ4v) is 5.77. The van der Waals surface area contributed by atoms with Crippen molar-refractivity contribution in [3.8, 4) is 5.75 Å². The van der Waals surface area contributed by atoms with Crippen molar-refractivity contribution < 1.29 is 9.84 Å². The van der Waals surface area contributed by atoms with Gasteiger partial charge < -0.3 is 14.8 Å². The summed E-state index contributed by atoms with van der Waals surface area (Å²) in [5, 5.41) is 11.7. The number of hydrogen-bond donors (Lipinski definition) is 2. The molecule has 24 heavy (non-hydrogen) atoms. The van der Waals surface area contributed by atoms with E-state index in [2.05, 4.69) is 22.0 Å². The second kappa shape index (κ2) is 5.24. The second-order valence-electron chi connectivity index (χ2n) is 8.01. The molecule has 6 atom stereocenters. The summed E-state index contributed by atoms with van der Waals surface area (Å²) in [5.74, 6) is 2.61. The fraction of sp³-hybridized carbons (Fsp3) is 0.600. The summed E-state index contributed by atoms with van der Waals surface area (Å²) in [5.41, 5.74) is 4.14. The number of fused-ring (bicyclic) bond motifs is 4. The Kier molecular flexibility index (Phi) is 3.23. The number of ether oxygens (including phenoxy) is 1. The zero-order valence-electron chi connectivity index (χ0n) is 14.5. The van der Waals surface area contributed by atoms with E-state index in [1.807, 2.05) is 13.0 Å². The van der Waals surface area contributed by atoms with Gasteiger partial charge in [0, 0.05) is 47.6 Å². The van der Waals surface area contributed by atoms with Crippen LogP contribution >= 0.6 is 0 Å². The van der Waals surface area contributed by atoms with Crippen LogP contribution in [-0.2, 0) is 6.42 Å². The number of rotatable bonds is 2. The van der Waals surface area contributed by atoms with Crippen LogP contribution in [0.4, 0.5) is 0 Å². The summed E-state index contributed by atoms with van der Waals surface area (Å²) in [6.07, 6.45) is 3.34. The average Bonchev–Trinajstić information content (AvgIpc) is 2.92. The molecule has 1 aromatic carbocycles. The van der Waals surface area contributed by atoms with E-state index in [1.165, 1.54) is 41.5 Å². The van der Waals surface area contributed by atoms with Crippen molar-refractivity contribution in [1.29, 1.82) is 0 Å². The first-order valence-corrected chi connectivity index (χ1v) is 9.26. The lowest BCUT2D eigenvalue weighted by molar-refractivity contribution is -0.0580. The van der Waals surface area contributed by atoms with Crippen LogP contribution in [0.1, 0.15) is 36.9 Å². The molecule has 4 bridgehead atoms. The Bertz CT molecular complexity index is 781. The number of benzene rings is 1. The van der Waals surface area contributed by atoms with E-state index in [9.17, 15) is 5.11 Å². The zero-order chi connectivity index (χ0) is 16.4. The minimum absolute atomic E-state index is 0.214. The molecule has 1 aliphatic carbocycles. The highest BCUT2D eigenvalue weighted by Crippen LogP contribution is 2.51. The number of aliphatic hydroxyl groups is 1. The molecule has 0 radical (unpaired) electrons. The summed E-state index contributed by atoms with van der Waals surface area (Å²) in [6.45, 7) is 4.31. The van der Waals surface area contributed by atoms with Crippen LogP contribution in [0.5, 0.6) is 5.75 Å². The molecule has 4 aliphatic rings. The van der Waals surface area contributed by atoms with Gasteiger partial charge in [-0.1, -0.05) is 0 Å². The monoisotopic (exact) mass is 326 g/mol. The molecule has 4 heteroatoms. The lowest BCUT2D eigenvalue weighted by atomic mass is 9.64. The maximum Gasteiger partial charge on any atom is 0.119 e. The Hall–Kier alpha value is -1.52. The van der Waals surface area contributed by atoms with Crippen LogP contribution in [0.25, 0.3) is 10.9 Å². The van der Waals surface area contributed by atoms with Gasteiger partial charge in [-0.3, -0.25) is 4.90 Å². The number of piperidine rings is 2. The third-order valence-corrected chi connectivity index (χ3v) is 6.74. The van der Waals surface area contributed by atoms with Crippen molar-refractivity contribution >= 4 is 10.9 Å². The summed E-state index contributed by atoms with van der Waals surface area (Å²) in [6, 6.07) is 6.86. The Balaban J connectivity index is 1.65. The number of nitrogens with one attached hydrogen (secondary N) is 1. The molecule has 3 aliphatic heterocycles. The number of H-pyrrole nitrogens is 1. The third kappa shape index (κ3) is 1.99. The number of methoxy groups -OCH3 is 1. The van der Waals surface area contributed by atoms with E-state index in [0.717, 1.165) is 24.6 Å². The number of nitrogens with zero attached hydrogens (tertiary/aromatic N) is 1. The fourth-order valence-electron chi connectivity index (χ4n) is 5.77. The molecule has 1 aromatic heterocycles. The first-order chi connectivity index (χ1) is 11.7. The SMILES string of the molecule is COc1ccc2[nH]c3c(c2c1)CCN1C[C@@H]2C[C@H]([C@H](C)O)[C@H]1[C@H]3C2. The Morgan fingerprint density at radius 3 is 3.00 bits per heavy atom. The maximum atomic E-state index is 10.3. The molecule has 128 valence electrons. The molecule has 2 aromatic rings. The molecule has 1 unspecified atom stereocenters. The van der Waals surface area contributed by atoms with E-state index < -0.39 is 0 Å². The van der Waals surface area contributed by atoms with Crippen molar-refractivity contribution in [2.75, 3.05) is 20.2 Å². The van der Waals surface area contributed by atoms with Crippen molar-refractivity contribution in [1.82, 2.24) is 9.88 Å². The van der Waals surface area contributed by atoms with E-state index >= 15 is 0 Å². The first kappa shape index (κ1) is 14.8. The molecule has 0 amide bonds. The molecule has 2 N–H and O–H groups in total. The highest BCUT2D eigenvalue weighted by Gasteiger charge is 2.50. The van der Waals surface area contributed by atoms with Gasteiger partial charge >= 0.3 is 0 Å². The van der Waals surface area contributed by atoms with Crippen LogP contribution in [0.2, 0.25) is 0 Å². The van der Waals surface area contributed by atoms with Gasteiger partial charge in [-0.25, -0.2) is 0 Å². The second-order valence-corrected chi connectivity index (χ2v) is 8.01. The van der Waals surface area contributed by atoms with Gasteiger partial charge in [-0.15, -0.1) is 0 Å². The van der Waals surface area contributed by atoms with Crippen LogP contribution < -0.4 is 4.74 Å². The van der Waals surface area contributed by atoms with Crippen molar-refractivity contribution in [2.24, 2.45) is 11.8 Å². The number of hydrogen-bond acceptors (Lipinski definition) is 3. The molecule has 2 saturated heterocycles. The van der Waals surface area contributed by atoms with Gasteiger partial charge in [-0.2, -0.15) is 0 Å². The van der Waals surface area contributed by atoms with Crippen LogP contribution in [0.15, 0.2) is 18.2 Å². The summed E-state index contributed by atoms with van der Waals surface area (Å²) < 4.78 is 5.44. The van der Waals surface area contributed by atoms with Gasteiger partial charge in [0.05, 0.1) is 13.2 Å². The minimum atomic E-state index is -0.214. The largest absolute Gasteiger partial charge is 0.497 e. The lowest BCUT2D eigenvalue weighted by Gasteiger charge is -2.54. The number of aromatic nitrogens is 1. The topological polar surface area (TPSA) is 48.5 Å². The van der Waals surface area contributed by atoms with Gasteiger partial charge in [0.1, 0.15) is 5.75 Å². The van der Waals surface area contributed by atoms with E-state index in [0.29, 0.717) is 17.9 Å². The van der Waals surface area contributed by atoms with Gasteiger partial charge in [0.2, 0.25) is 0 Å². The average molecular weight is 326 g/mol. The number of aromatic amines is 1.